The molecule has 19 heavy (non-hydrogen) atoms. The van der Waals surface area contributed by atoms with Gasteiger partial charge < -0.3 is 9.47 Å². The minimum absolute atomic E-state index is 0.192. The van der Waals surface area contributed by atoms with Crippen LogP contribution in [0.3, 0.4) is 0 Å². The zero-order valence-electron chi connectivity index (χ0n) is 10.5. The Morgan fingerprint density at radius 1 is 1.37 bits per heavy atom. The average molecular weight is 260 g/mol. The molecule has 1 fully saturated rings. The molecule has 1 atom stereocenters. The smallest absolute Gasteiger partial charge is 0.308 e. The maximum atomic E-state index is 12.8. The molecule has 4 nitrogen and oxygen atoms in total. The molecule has 5 heteroatoms. The van der Waals surface area contributed by atoms with Crippen molar-refractivity contribution in [3.05, 3.63) is 42.2 Å². The summed E-state index contributed by atoms with van der Waals surface area (Å²) in [7, 11) is 0. The van der Waals surface area contributed by atoms with Crippen LogP contribution in [0.4, 0.5) is 4.39 Å². The number of ether oxygens (including phenoxy) is 2. The van der Waals surface area contributed by atoms with Crippen molar-refractivity contribution in [1.29, 1.82) is 0 Å². The van der Waals surface area contributed by atoms with Crippen molar-refractivity contribution < 1.29 is 13.9 Å². The highest BCUT2D eigenvalue weighted by Gasteiger charge is 2.23. The van der Waals surface area contributed by atoms with Crippen LogP contribution < -0.4 is 4.74 Å². The molecule has 0 bridgehead atoms. The molecule has 1 aromatic heterocycles. The minimum atomic E-state index is -0.732. The van der Waals surface area contributed by atoms with Gasteiger partial charge in [0, 0.05) is 23.5 Å². The molecule has 1 aromatic carbocycles. The third-order valence-corrected chi connectivity index (χ3v) is 2.90. The number of rotatable bonds is 4. The zero-order chi connectivity index (χ0) is 13.2. The van der Waals surface area contributed by atoms with Gasteiger partial charge in [-0.3, -0.25) is 0 Å². The number of halogens is 1. The number of benzene rings is 1. The summed E-state index contributed by atoms with van der Waals surface area (Å²) in [6, 6.07) is 5.84. The average Bonchev–Trinajstić information content (AvgIpc) is 3.22. The topological polar surface area (TPSA) is 47.5 Å². The molecule has 0 amide bonds. The Bertz CT molecular complexity index is 582. The van der Waals surface area contributed by atoms with Crippen LogP contribution in [0.15, 0.2) is 30.6 Å². The van der Waals surface area contributed by atoms with Gasteiger partial charge in [-0.1, -0.05) is 12.1 Å². The van der Waals surface area contributed by atoms with Crippen LogP contribution in [0.2, 0.25) is 0 Å². The summed E-state index contributed by atoms with van der Waals surface area (Å²) in [5, 5.41) is 0. The molecule has 2 heterocycles. The quantitative estimate of drug-likeness (QED) is 0.625. The van der Waals surface area contributed by atoms with Crippen LogP contribution in [-0.4, -0.2) is 29.3 Å². The Morgan fingerprint density at radius 2 is 2.11 bits per heavy atom. The molecule has 98 valence electrons. The first-order valence-electron chi connectivity index (χ1n) is 6.05. The highest BCUT2D eigenvalue weighted by Crippen LogP contribution is 2.30. The molecule has 0 radical (unpaired) electrons. The van der Waals surface area contributed by atoms with Gasteiger partial charge in [0.25, 0.3) is 0 Å². The fourth-order valence-corrected chi connectivity index (χ4v) is 1.79. The molecule has 0 saturated carbocycles. The van der Waals surface area contributed by atoms with Crippen LogP contribution >= 0.6 is 0 Å². The molecule has 0 unspecified atom stereocenters. The second kappa shape index (κ2) is 4.93. The number of nitrogens with zero attached hydrogens (tertiary/aromatic N) is 2. The number of epoxide rings is 1. The molecule has 1 saturated heterocycles. The molecule has 0 aliphatic carbocycles. The summed E-state index contributed by atoms with van der Waals surface area (Å²) in [6.45, 7) is 3.27. The lowest BCUT2D eigenvalue weighted by Crippen LogP contribution is -2.05. The molecular formula is C14H13FN2O2. The van der Waals surface area contributed by atoms with Gasteiger partial charge in [-0.25, -0.2) is 9.97 Å². The van der Waals surface area contributed by atoms with E-state index in [1.165, 1.54) is 12.4 Å². The largest absolute Gasteiger partial charge is 0.490 e. The van der Waals surface area contributed by atoms with E-state index >= 15 is 0 Å². The van der Waals surface area contributed by atoms with E-state index in [0.717, 1.165) is 29.0 Å². The first-order valence-corrected chi connectivity index (χ1v) is 6.05. The zero-order valence-corrected chi connectivity index (χ0v) is 10.5. The second-order valence-corrected chi connectivity index (χ2v) is 4.51. The maximum absolute atomic E-state index is 12.8. The summed E-state index contributed by atoms with van der Waals surface area (Å²) in [6.07, 6.45) is 2.36. The number of hydrogen-bond acceptors (Lipinski definition) is 4. The van der Waals surface area contributed by atoms with Gasteiger partial charge in [0.1, 0.15) is 18.5 Å². The van der Waals surface area contributed by atoms with Gasteiger partial charge in [0.15, 0.2) is 0 Å². The van der Waals surface area contributed by atoms with Crippen LogP contribution in [0, 0.1) is 13.0 Å². The van der Waals surface area contributed by atoms with Gasteiger partial charge in [-0.15, -0.1) is 0 Å². The SMILES string of the molecule is Cc1ccc(-c2cnc(F)nc2)c(OC[C@@H]2CO2)c1. The van der Waals surface area contributed by atoms with Crippen LogP contribution in [0.5, 0.6) is 5.75 Å². The third-order valence-electron chi connectivity index (χ3n) is 2.90. The Morgan fingerprint density at radius 3 is 2.79 bits per heavy atom. The highest BCUT2D eigenvalue weighted by atomic mass is 19.1. The minimum Gasteiger partial charge on any atom is -0.490 e. The van der Waals surface area contributed by atoms with E-state index in [0.29, 0.717) is 6.61 Å². The second-order valence-electron chi connectivity index (χ2n) is 4.51. The summed E-state index contributed by atoms with van der Waals surface area (Å²) < 4.78 is 23.6. The lowest BCUT2D eigenvalue weighted by Gasteiger charge is -2.11. The van der Waals surface area contributed by atoms with E-state index in [1.807, 2.05) is 25.1 Å². The van der Waals surface area contributed by atoms with Crippen molar-refractivity contribution in [3.63, 3.8) is 0 Å². The van der Waals surface area contributed by atoms with Crippen molar-refractivity contribution in [2.75, 3.05) is 13.2 Å². The lowest BCUT2D eigenvalue weighted by molar-refractivity contribution is 0.264. The Hall–Kier alpha value is -2.01. The van der Waals surface area contributed by atoms with Crippen molar-refractivity contribution in [3.8, 4) is 16.9 Å². The highest BCUT2D eigenvalue weighted by molar-refractivity contribution is 5.69. The van der Waals surface area contributed by atoms with Crippen molar-refractivity contribution >= 4 is 0 Å². The van der Waals surface area contributed by atoms with E-state index < -0.39 is 6.08 Å². The van der Waals surface area contributed by atoms with Crippen LogP contribution in [0.25, 0.3) is 11.1 Å². The molecule has 3 rings (SSSR count). The Kier molecular flexibility index (Phi) is 3.13. The molecule has 1 aliphatic heterocycles. The standard InChI is InChI=1S/C14H13FN2O2/c1-9-2-3-12(10-5-16-14(15)17-6-10)13(4-9)19-8-11-7-18-11/h2-6,11H,7-8H2,1H3/t11-/m0/s1. The Balaban J connectivity index is 1.91. The van der Waals surface area contributed by atoms with Gasteiger partial charge in [-0.2, -0.15) is 4.39 Å². The predicted molar refractivity (Wildman–Crippen MR) is 67.4 cm³/mol. The molecule has 0 N–H and O–H groups in total. The van der Waals surface area contributed by atoms with E-state index in [1.54, 1.807) is 0 Å². The fraction of sp³-hybridized carbons (Fsp3) is 0.286. The van der Waals surface area contributed by atoms with Crippen molar-refractivity contribution in [2.24, 2.45) is 0 Å². The number of aromatic nitrogens is 2. The summed E-state index contributed by atoms with van der Waals surface area (Å²) in [5.74, 6) is 0.741. The first kappa shape index (κ1) is 12.0. The van der Waals surface area contributed by atoms with Crippen LogP contribution in [0.1, 0.15) is 5.56 Å². The monoisotopic (exact) mass is 260 g/mol. The van der Waals surface area contributed by atoms with Gasteiger partial charge in [0.2, 0.25) is 0 Å². The van der Waals surface area contributed by atoms with Crippen LogP contribution in [-0.2, 0) is 4.74 Å². The molecule has 1 aliphatic rings. The lowest BCUT2D eigenvalue weighted by atomic mass is 10.1. The summed E-state index contributed by atoms with van der Waals surface area (Å²) in [5.41, 5.74) is 2.68. The van der Waals surface area contributed by atoms with Gasteiger partial charge in [-0.05, 0) is 18.6 Å². The van der Waals surface area contributed by atoms with E-state index in [4.69, 9.17) is 9.47 Å². The van der Waals surface area contributed by atoms with E-state index in [2.05, 4.69) is 9.97 Å². The number of aryl methyl sites for hydroxylation is 1. The summed E-state index contributed by atoms with van der Waals surface area (Å²) >= 11 is 0. The van der Waals surface area contributed by atoms with Gasteiger partial charge in [0.05, 0.1) is 6.61 Å². The Labute approximate surface area is 110 Å². The molecule has 2 aromatic rings. The van der Waals surface area contributed by atoms with E-state index in [-0.39, 0.29) is 6.10 Å². The first-order chi connectivity index (χ1) is 9.22. The third kappa shape index (κ3) is 2.88. The fourth-order valence-electron chi connectivity index (χ4n) is 1.79. The summed E-state index contributed by atoms with van der Waals surface area (Å²) in [4.78, 5) is 7.14. The van der Waals surface area contributed by atoms with E-state index in [9.17, 15) is 4.39 Å². The van der Waals surface area contributed by atoms with Gasteiger partial charge >= 0.3 is 6.08 Å². The molecular weight excluding hydrogens is 247 g/mol. The van der Waals surface area contributed by atoms with Crippen molar-refractivity contribution in [2.45, 2.75) is 13.0 Å². The normalized spacial score (nSPS) is 17.3. The number of hydrogen-bond donors (Lipinski definition) is 0. The maximum Gasteiger partial charge on any atom is 0.308 e. The molecule has 0 spiro atoms. The van der Waals surface area contributed by atoms with Crippen molar-refractivity contribution in [1.82, 2.24) is 9.97 Å². The predicted octanol–water partition coefficient (Wildman–Crippen LogP) is 2.37.